The summed E-state index contributed by atoms with van der Waals surface area (Å²) in [4.78, 5) is 42.6. The topological polar surface area (TPSA) is 157 Å². The Kier molecular flexibility index (Phi) is 10.8. The second-order valence-electron chi connectivity index (χ2n) is 11.6. The van der Waals surface area contributed by atoms with Crippen molar-refractivity contribution in [1.29, 1.82) is 0 Å². The third kappa shape index (κ3) is 9.95. The van der Waals surface area contributed by atoms with Gasteiger partial charge >= 0.3 is 6.09 Å². The molecule has 0 saturated carbocycles. The number of aromatic nitrogens is 3. The van der Waals surface area contributed by atoms with E-state index in [1.165, 1.54) is 17.5 Å². The second-order valence-corrected chi connectivity index (χ2v) is 12.6. The van der Waals surface area contributed by atoms with Crippen LogP contribution in [-0.4, -0.2) is 51.9 Å². The molecule has 0 atom stereocenters. The Morgan fingerprint density at radius 1 is 1.10 bits per heavy atom. The first kappa shape index (κ1) is 32.2. The number of hydrogen-bond donors (Lipinski definition) is 4. The third-order valence-electron chi connectivity index (χ3n) is 5.68. The molecule has 5 N–H and O–H groups in total. The maximum absolute atomic E-state index is 12.7. The number of rotatable bonds is 10. The standard InChI is InChI=1S/C30H40N8O3S/c1-19-14-20(8-9-21(19)16-35-25(39)24-18-36-26(42-24)29(2,3)4)23-10-11-33-27(38-23)37-22(15-31)17-32-12-13-34-28(40)41-30(5,6)7/h8-11,14-15,17-18H,12-13,16,31H2,1-7H3,(H,34,40)(H,35,39)(H,33,37,38)/b22-15+,32-17?. The second kappa shape index (κ2) is 14.0. The van der Waals surface area contributed by atoms with E-state index in [1.807, 2.05) is 31.2 Å². The average molecular weight is 593 g/mol. The summed E-state index contributed by atoms with van der Waals surface area (Å²) in [6.45, 7) is 14.7. The fourth-order valence-corrected chi connectivity index (χ4v) is 4.46. The lowest BCUT2D eigenvalue weighted by Gasteiger charge is -2.19. The molecule has 3 rings (SSSR count). The van der Waals surface area contributed by atoms with Gasteiger partial charge in [0.2, 0.25) is 5.95 Å². The first-order valence-corrected chi connectivity index (χ1v) is 14.4. The molecule has 42 heavy (non-hydrogen) atoms. The number of aryl methyl sites for hydroxylation is 1. The highest BCUT2D eigenvalue weighted by molar-refractivity contribution is 7.13. The first-order chi connectivity index (χ1) is 19.7. The molecule has 2 amide bonds. The number of aliphatic imine (C=N–C) groups is 1. The molecule has 0 aliphatic heterocycles. The number of allylic oxidation sites excluding steroid dienone is 1. The van der Waals surface area contributed by atoms with Crippen LogP contribution in [-0.2, 0) is 16.7 Å². The highest BCUT2D eigenvalue weighted by Crippen LogP contribution is 2.27. The molecule has 2 heterocycles. The van der Waals surface area contributed by atoms with Crippen LogP contribution in [0.25, 0.3) is 11.3 Å². The Bertz CT molecular complexity index is 1450. The summed E-state index contributed by atoms with van der Waals surface area (Å²) >= 11 is 1.42. The van der Waals surface area contributed by atoms with Crippen LogP contribution in [0.2, 0.25) is 0 Å². The fourth-order valence-electron chi connectivity index (χ4n) is 3.57. The molecule has 11 nitrogen and oxygen atoms in total. The molecule has 2 aromatic heterocycles. The Labute approximate surface area is 251 Å². The number of amides is 2. The van der Waals surface area contributed by atoms with Crippen LogP contribution >= 0.6 is 11.3 Å². The number of carbonyl (C=O) groups excluding carboxylic acids is 2. The molecule has 0 unspecified atom stereocenters. The molecule has 224 valence electrons. The summed E-state index contributed by atoms with van der Waals surface area (Å²) in [5.41, 5.74) is 9.26. The quantitative estimate of drug-likeness (QED) is 0.190. The number of thiazole rings is 1. The first-order valence-electron chi connectivity index (χ1n) is 13.6. The molecule has 0 radical (unpaired) electrons. The normalized spacial score (nSPS) is 12.3. The maximum Gasteiger partial charge on any atom is 0.407 e. The van der Waals surface area contributed by atoms with Gasteiger partial charge in [0.15, 0.2) is 0 Å². The van der Waals surface area contributed by atoms with E-state index in [0.717, 1.165) is 27.4 Å². The summed E-state index contributed by atoms with van der Waals surface area (Å²) in [5, 5.41) is 9.63. The predicted molar refractivity (Wildman–Crippen MR) is 168 cm³/mol. The zero-order valence-corrected chi connectivity index (χ0v) is 26.1. The smallest absolute Gasteiger partial charge is 0.407 e. The van der Waals surface area contributed by atoms with Crippen molar-refractivity contribution in [2.45, 2.75) is 66.0 Å². The van der Waals surface area contributed by atoms with Crippen molar-refractivity contribution in [3.8, 4) is 11.3 Å². The van der Waals surface area contributed by atoms with Gasteiger partial charge in [0.1, 0.15) is 10.5 Å². The minimum absolute atomic E-state index is 0.0933. The van der Waals surface area contributed by atoms with Crippen molar-refractivity contribution >= 4 is 35.5 Å². The van der Waals surface area contributed by atoms with Crippen LogP contribution in [0.4, 0.5) is 10.7 Å². The van der Waals surface area contributed by atoms with Gasteiger partial charge in [-0.15, -0.1) is 11.3 Å². The Morgan fingerprint density at radius 3 is 2.50 bits per heavy atom. The van der Waals surface area contributed by atoms with Gasteiger partial charge in [-0.05, 0) is 51.0 Å². The van der Waals surface area contributed by atoms with Crippen molar-refractivity contribution in [2.24, 2.45) is 10.7 Å². The van der Waals surface area contributed by atoms with E-state index in [9.17, 15) is 9.59 Å². The Balaban J connectivity index is 1.56. The van der Waals surface area contributed by atoms with Crippen LogP contribution in [0.3, 0.4) is 0 Å². The van der Waals surface area contributed by atoms with Crippen LogP contribution < -0.4 is 21.7 Å². The van der Waals surface area contributed by atoms with Crippen molar-refractivity contribution in [2.75, 3.05) is 18.4 Å². The molecule has 0 saturated heterocycles. The zero-order valence-electron chi connectivity index (χ0n) is 25.2. The van der Waals surface area contributed by atoms with E-state index in [4.69, 9.17) is 10.5 Å². The molecular formula is C30H40N8O3S. The number of anilines is 1. The van der Waals surface area contributed by atoms with Crippen LogP contribution in [0.1, 0.15) is 67.3 Å². The lowest BCUT2D eigenvalue weighted by atomic mass is 9.98. The summed E-state index contributed by atoms with van der Waals surface area (Å²) in [5.74, 6) is 0.223. The number of hydrogen-bond acceptors (Lipinski definition) is 10. The van der Waals surface area contributed by atoms with E-state index >= 15 is 0 Å². The van der Waals surface area contributed by atoms with Gasteiger partial charge in [-0.1, -0.05) is 32.9 Å². The van der Waals surface area contributed by atoms with Crippen molar-refractivity contribution in [3.05, 3.63) is 69.6 Å². The maximum atomic E-state index is 12.7. The van der Waals surface area contributed by atoms with Crippen molar-refractivity contribution in [1.82, 2.24) is 25.6 Å². The van der Waals surface area contributed by atoms with E-state index < -0.39 is 11.7 Å². The molecular weight excluding hydrogens is 552 g/mol. The van der Waals surface area contributed by atoms with Gasteiger partial charge in [0.25, 0.3) is 5.91 Å². The van der Waals surface area contributed by atoms with Crippen molar-refractivity contribution < 1.29 is 14.3 Å². The van der Waals surface area contributed by atoms with Crippen LogP contribution in [0.5, 0.6) is 0 Å². The van der Waals surface area contributed by atoms with Gasteiger partial charge < -0.3 is 26.4 Å². The largest absolute Gasteiger partial charge is 0.444 e. The van der Waals surface area contributed by atoms with Crippen molar-refractivity contribution in [3.63, 3.8) is 0 Å². The Morgan fingerprint density at radius 2 is 1.86 bits per heavy atom. The molecule has 0 spiro atoms. The Hall–Kier alpha value is -4.32. The summed E-state index contributed by atoms with van der Waals surface area (Å²) in [6, 6.07) is 7.79. The number of ether oxygens (including phenoxy) is 1. The molecule has 12 heteroatoms. The molecule has 0 aliphatic rings. The van der Waals surface area contributed by atoms with Gasteiger partial charge in [-0.2, -0.15) is 0 Å². The van der Waals surface area contributed by atoms with Gasteiger partial charge in [0.05, 0.1) is 29.1 Å². The van der Waals surface area contributed by atoms with E-state index in [-0.39, 0.29) is 11.3 Å². The minimum atomic E-state index is -0.557. The predicted octanol–water partition coefficient (Wildman–Crippen LogP) is 4.94. The summed E-state index contributed by atoms with van der Waals surface area (Å²) in [6.07, 6.45) is 5.72. The number of nitrogens with zero attached hydrogens (tertiary/aromatic N) is 4. The monoisotopic (exact) mass is 592 g/mol. The number of nitrogens with two attached hydrogens (primary N) is 1. The SMILES string of the molecule is Cc1cc(-c2ccnc(N/C(C=NCCNC(=O)OC(C)(C)C)=C/N)n2)ccc1CNC(=O)c1cnc(C(C)(C)C)s1. The van der Waals surface area contributed by atoms with Crippen LogP contribution in [0, 0.1) is 6.92 Å². The summed E-state index contributed by atoms with van der Waals surface area (Å²) in [7, 11) is 0. The van der Waals surface area contributed by atoms with E-state index in [0.29, 0.717) is 36.2 Å². The fraction of sp³-hybridized carbons (Fsp3) is 0.400. The van der Waals surface area contributed by atoms with Gasteiger partial charge in [-0.25, -0.2) is 19.7 Å². The molecule has 0 fully saturated rings. The highest BCUT2D eigenvalue weighted by Gasteiger charge is 2.20. The lowest BCUT2D eigenvalue weighted by molar-refractivity contribution is 0.0529. The molecule has 1 aromatic carbocycles. The number of benzene rings is 1. The lowest BCUT2D eigenvalue weighted by Crippen LogP contribution is -2.33. The van der Waals surface area contributed by atoms with Gasteiger partial charge in [-0.3, -0.25) is 9.79 Å². The third-order valence-corrected chi connectivity index (χ3v) is 7.10. The molecule has 0 bridgehead atoms. The molecule has 0 aliphatic carbocycles. The number of nitrogens with one attached hydrogen (secondary N) is 3. The average Bonchev–Trinajstić information content (AvgIpc) is 3.42. The zero-order chi connectivity index (χ0) is 30.9. The van der Waals surface area contributed by atoms with Gasteiger partial charge in [0, 0.05) is 42.7 Å². The molecule has 3 aromatic rings. The number of carbonyl (C=O) groups is 2. The highest BCUT2D eigenvalue weighted by atomic mass is 32.1. The van der Waals surface area contributed by atoms with E-state index in [1.54, 1.807) is 39.4 Å². The van der Waals surface area contributed by atoms with Crippen LogP contribution in [0.15, 0.2) is 53.5 Å². The summed E-state index contributed by atoms with van der Waals surface area (Å²) < 4.78 is 5.19. The number of alkyl carbamates (subject to hydrolysis) is 1. The van der Waals surface area contributed by atoms with E-state index in [2.05, 4.69) is 56.7 Å². The minimum Gasteiger partial charge on any atom is -0.444 e.